The Morgan fingerprint density at radius 1 is 1.27 bits per heavy atom. The summed E-state index contributed by atoms with van der Waals surface area (Å²) in [6, 6.07) is 5.11. The van der Waals surface area contributed by atoms with Gasteiger partial charge in [0.2, 0.25) is 0 Å². The number of fused-ring (bicyclic) bond motifs is 2. The van der Waals surface area contributed by atoms with Gasteiger partial charge in [-0.3, -0.25) is 4.79 Å². The summed E-state index contributed by atoms with van der Waals surface area (Å²) in [5.74, 6) is -0.978. The van der Waals surface area contributed by atoms with E-state index < -0.39 is 42.1 Å². The van der Waals surface area contributed by atoms with Crippen LogP contribution in [-0.4, -0.2) is 55.6 Å². The van der Waals surface area contributed by atoms with Crippen LogP contribution in [0.2, 0.25) is 0 Å². The lowest BCUT2D eigenvalue weighted by Crippen LogP contribution is -2.52. The zero-order chi connectivity index (χ0) is 23.2. The van der Waals surface area contributed by atoms with Gasteiger partial charge >= 0.3 is 0 Å². The summed E-state index contributed by atoms with van der Waals surface area (Å²) in [7, 11) is 0. The molecular formula is C22H22F2N4O5. The van der Waals surface area contributed by atoms with Gasteiger partial charge in [-0.15, -0.1) is 0 Å². The van der Waals surface area contributed by atoms with Gasteiger partial charge in [0.25, 0.3) is 11.9 Å². The van der Waals surface area contributed by atoms with E-state index in [1.165, 1.54) is 24.4 Å². The molecule has 174 valence electrons. The molecule has 1 fully saturated rings. The normalized spacial score (nSPS) is 27.8. The van der Waals surface area contributed by atoms with Crippen LogP contribution in [0.3, 0.4) is 0 Å². The van der Waals surface area contributed by atoms with Crippen molar-refractivity contribution >= 4 is 17.6 Å². The number of aromatic nitrogens is 1. The van der Waals surface area contributed by atoms with Gasteiger partial charge in [-0.2, -0.15) is 0 Å². The number of hydrogen-bond acceptors (Lipinski definition) is 8. The Hall–Kier alpha value is -3.47. The lowest BCUT2D eigenvalue weighted by Gasteiger charge is -2.41. The van der Waals surface area contributed by atoms with Crippen molar-refractivity contribution < 1.29 is 32.5 Å². The summed E-state index contributed by atoms with van der Waals surface area (Å²) >= 11 is 0. The zero-order valence-corrected chi connectivity index (χ0v) is 17.7. The second-order valence-corrected chi connectivity index (χ2v) is 8.09. The number of hydrogen-bond donors (Lipinski definition) is 2. The molecule has 3 aliphatic heterocycles. The number of rotatable bonds is 4. The Morgan fingerprint density at radius 2 is 2.06 bits per heavy atom. The molecule has 33 heavy (non-hydrogen) atoms. The van der Waals surface area contributed by atoms with Gasteiger partial charge in [0, 0.05) is 17.3 Å². The average molecular weight is 460 g/mol. The molecule has 1 saturated heterocycles. The van der Waals surface area contributed by atoms with Crippen LogP contribution < -0.4 is 20.5 Å². The molecule has 0 saturated carbocycles. The van der Waals surface area contributed by atoms with Crippen LogP contribution in [0.5, 0.6) is 11.5 Å². The van der Waals surface area contributed by atoms with Crippen LogP contribution >= 0.6 is 0 Å². The fraction of sp³-hybridized carbons (Fsp3) is 0.409. The van der Waals surface area contributed by atoms with Crippen LogP contribution in [0.1, 0.15) is 23.0 Å². The molecule has 0 aliphatic carbocycles. The maximum absolute atomic E-state index is 15.0. The zero-order valence-electron chi connectivity index (χ0n) is 17.7. The minimum Gasteiger partial charge on any atom is -0.486 e. The molecule has 0 unspecified atom stereocenters. The van der Waals surface area contributed by atoms with Crippen LogP contribution in [0.15, 0.2) is 35.5 Å². The molecule has 11 heteroatoms. The maximum atomic E-state index is 15.0. The summed E-state index contributed by atoms with van der Waals surface area (Å²) < 4.78 is 51.7. The summed E-state index contributed by atoms with van der Waals surface area (Å²) in [4.78, 5) is 21.1. The van der Waals surface area contributed by atoms with Gasteiger partial charge in [0.05, 0.1) is 24.8 Å². The third-order valence-corrected chi connectivity index (χ3v) is 6.12. The van der Waals surface area contributed by atoms with E-state index in [1.807, 2.05) is 0 Å². The van der Waals surface area contributed by atoms with E-state index in [-0.39, 0.29) is 29.6 Å². The monoisotopic (exact) mass is 460 g/mol. The van der Waals surface area contributed by atoms with Crippen molar-refractivity contribution in [3.63, 3.8) is 0 Å². The van der Waals surface area contributed by atoms with E-state index in [2.05, 4.69) is 15.3 Å². The van der Waals surface area contributed by atoms with Crippen molar-refractivity contribution in [2.75, 3.05) is 31.8 Å². The Balaban J connectivity index is 1.48. The molecule has 0 bridgehead atoms. The molecule has 0 spiro atoms. The van der Waals surface area contributed by atoms with Gasteiger partial charge in [-0.05, 0) is 25.1 Å². The molecule has 3 aliphatic rings. The Morgan fingerprint density at radius 3 is 2.85 bits per heavy atom. The SMILES string of the molecule is C[C@@H]1OC[C@H]2OC(N)=N[C@](CF)(c3cc(NC(=O)c4cc5c(cn4)OCCO5)ccc3F)[C@@H]12. The minimum absolute atomic E-state index is 0.0449. The van der Waals surface area contributed by atoms with Crippen LogP contribution in [-0.2, 0) is 15.0 Å². The number of alkyl halides is 1. The molecule has 1 amide bonds. The van der Waals surface area contributed by atoms with Gasteiger partial charge in [0.15, 0.2) is 11.5 Å². The summed E-state index contributed by atoms with van der Waals surface area (Å²) in [5.41, 5.74) is 4.43. The maximum Gasteiger partial charge on any atom is 0.283 e. The van der Waals surface area contributed by atoms with Crippen LogP contribution in [0.25, 0.3) is 0 Å². The number of nitrogens with zero attached hydrogens (tertiary/aromatic N) is 2. The number of halogens is 2. The highest BCUT2D eigenvalue weighted by molar-refractivity contribution is 6.03. The quantitative estimate of drug-likeness (QED) is 0.718. The Kier molecular flexibility index (Phi) is 5.28. The fourth-order valence-electron chi connectivity index (χ4n) is 4.65. The first-order valence-corrected chi connectivity index (χ1v) is 10.5. The third-order valence-electron chi connectivity index (χ3n) is 6.12. The van der Waals surface area contributed by atoms with Gasteiger partial charge in [-0.1, -0.05) is 0 Å². The van der Waals surface area contributed by atoms with Crippen molar-refractivity contribution in [1.82, 2.24) is 4.98 Å². The molecule has 1 aromatic heterocycles. The molecule has 2 aromatic rings. The Labute approximate surface area is 187 Å². The lowest BCUT2D eigenvalue weighted by molar-refractivity contribution is 0.0429. The molecule has 5 rings (SSSR count). The van der Waals surface area contributed by atoms with Crippen molar-refractivity contribution in [2.45, 2.75) is 24.7 Å². The van der Waals surface area contributed by atoms with Crippen LogP contribution in [0, 0.1) is 11.7 Å². The van der Waals surface area contributed by atoms with Crippen molar-refractivity contribution in [3.8, 4) is 11.5 Å². The number of anilines is 1. The minimum atomic E-state index is -1.65. The third kappa shape index (κ3) is 3.62. The number of pyridine rings is 1. The highest BCUT2D eigenvalue weighted by Gasteiger charge is 2.56. The van der Waals surface area contributed by atoms with Crippen molar-refractivity contribution in [2.24, 2.45) is 16.6 Å². The number of nitrogens with two attached hydrogens (primary N) is 1. The second-order valence-electron chi connectivity index (χ2n) is 8.09. The predicted molar refractivity (Wildman–Crippen MR) is 113 cm³/mol. The molecule has 3 N–H and O–H groups in total. The number of ether oxygens (including phenoxy) is 4. The van der Waals surface area contributed by atoms with E-state index in [0.717, 1.165) is 6.07 Å². The van der Waals surface area contributed by atoms with E-state index in [1.54, 1.807) is 6.92 Å². The number of amides is 1. The Bertz CT molecular complexity index is 1130. The van der Waals surface area contributed by atoms with Gasteiger partial charge < -0.3 is 30.0 Å². The molecule has 0 radical (unpaired) electrons. The fourth-order valence-corrected chi connectivity index (χ4v) is 4.65. The highest BCUT2D eigenvalue weighted by atomic mass is 19.1. The van der Waals surface area contributed by atoms with Crippen molar-refractivity contribution in [3.05, 3.63) is 47.5 Å². The first kappa shape index (κ1) is 21.4. The number of amidine groups is 1. The van der Waals surface area contributed by atoms with Gasteiger partial charge in [-0.25, -0.2) is 18.8 Å². The largest absolute Gasteiger partial charge is 0.486 e. The van der Waals surface area contributed by atoms with Crippen molar-refractivity contribution in [1.29, 1.82) is 0 Å². The number of carbonyl (C=O) groups is 1. The van der Waals surface area contributed by atoms with E-state index >= 15 is 4.39 Å². The summed E-state index contributed by atoms with van der Waals surface area (Å²) in [6.07, 6.45) is 0.397. The summed E-state index contributed by atoms with van der Waals surface area (Å²) in [5, 5.41) is 2.67. The molecule has 1 aromatic carbocycles. The number of benzene rings is 1. The number of carbonyl (C=O) groups excluding carboxylic acids is 1. The molecular weight excluding hydrogens is 438 g/mol. The average Bonchev–Trinajstić information content (AvgIpc) is 3.20. The number of nitrogens with one attached hydrogen (secondary N) is 1. The van der Waals surface area contributed by atoms with E-state index in [4.69, 9.17) is 24.7 Å². The standard InChI is InChI=1S/C22H22F2N4O5/c1-11-19-18(9-32-11)33-21(25)28-22(19,10-23)13-6-12(2-3-14(13)24)27-20(29)15-7-16-17(8-26-15)31-5-4-30-16/h2-3,6-8,11,18-19H,4-5,9-10H2,1H3,(H2,25,28)(H,27,29)/t11-,18+,19-,22+/m0/s1. The first-order chi connectivity index (χ1) is 15.9. The van der Waals surface area contributed by atoms with E-state index in [0.29, 0.717) is 24.7 Å². The number of aliphatic imine (C=N–C) groups is 1. The topological polar surface area (TPSA) is 117 Å². The molecule has 9 nitrogen and oxygen atoms in total. The molecule has 4 atom stereocenters. The van der Waals surface area contributed by atoms with Gasteiger partial charge in [0.1, 0.15) is 43.0 Å². The smallest absolute Gasteiger partial charge is 0.283 e. The predicted octanol–water partition coefficient (Wildman–Crippen LogP) is 2.16. The first-order valence-electron chi connectivity index (χ1n) is 10.5. The van der Waals surface area contributed by atoms with E-state index in [9.17, 15) is 9.18 Å². The lowest BCUT2D eigenvalue weighted by atomic mass is 9.74. The highest BCUT2D eigenvalue weighted by Crippen LogP contribution is 2.47. The summed E-state index contributed by atoms with van der Waals surface area (Å²) in [6.45, 7) is 1.69. The van der Waals surface area contributed by atoms with Crippen LogP contribution in [0.4, 0.5) is 14.5 Å². The molecule has 4 heterocycles. The second kappa shape index (κ2) is 8.14.